The van der Waals surface area contributed by atoms with Crippen molar-refractivity contribution in [2.45, 2.75) is 43.2 Å². The van der Waals surface area contributed by atoms with Crippen molar-refractivity contribution in [3.8, 4) is 5.75 Å². The van der Waals surface area contributed by atoms with Crippen LogP contribution < -0.4 is 4.74 Å². The summed E-state index contributed by atoms with van der Waals surface area (Å²) in [5, 5.41) is 10.5. The number of carboxylic acid groups (broad SMARTS) is 1. The SMILES string of the molecule is COc1ccc2ncc(Cl)c([C@@H](F)CCC3(CC(=O)O)CCN(CCSc4ccncc4)CC3)c2c1. The summed E-state index contributed by atoms with van der Waals surface area (Å²) in [6.45, 7) is 2.57. The van der Waals surface area contributed by atoms with Gasteiger partial charge in [0.15, 0.2) is 0 Å². The average Bonchev–Trinajstić information content (AvgIpc) is 2.88. The summed E-state index contributed by atoms with van der Waals surface area (Å²) in [5.74, 6) is 0.737. The van der Waals surface area contributed by atoms with Crippen LogP contribution in [0.5, 0.6) is 5.75 Å². The molecule has 0 amide bonds. The molecule has 1 aromatic carbocycles. The Hall–Kier alpha value is -2.42. The Morgan fingerprint density at radius 3 is 2.72 bits per heavy atom. The van der Waals surface area contributed by atoms with E-state index < -0.39 is 17.6 Å². The quantitative estimate of drug-likeness (QED) is 0.286. The molecule has 3 aromatic rings. The number of rotatable bonds is 11. The Balaban J connectivity index is 1.39. The van der Waals surface area contributed by atoms with Gasteiger partial charge in [0, 0.05) is 46.7 Å². The molecule has 1 fully saturated rings. The third-order valence-corrected chi connectivity index (χ3v) is 8.37. The number of fused-ring (bicyclic) bond motifs is 1. The summed E-state index contributed by atoms with van der Waals surface area (Å²) in [7, 11) is 1.56. The number of nitrogens with zero attached hydrogens (tertiary/aromatic N) is 3. The van der Waals surface area contributed by atoms with Crippen molar-refractivity contribution in [1.82, 2.24) is 14.9 Å². The normalized spacial score (nSPS) is 16.6. The fourth-order valence-electron chi connectivity index (χ4n) is 5.00. The molecule has 6 nitrogen and oxygen atoms in total. The van der Waals surface area contributed by atoms with E-state index in [1.165, 1.54) is 11.1 Å². The summed E-state index contributed by atoms with van der Waals surface area (Å²) in [5.41, 5.74) is 0.630. The molecule has 1 N–H and O–H groups in total. The number of aliphatic carboxylic acids is 1. The van der Waals surface area contributed by atoms with E-state index in [2.05, 4.69) is 14.9 Å². The second-order valence-corrected chi connectivity index (χ2v) is 10.9. The number of benzene rings is 1. The van der Waals surface area contributed by atoms with Gasteiger partial charge >= 0.3 is 5.97 Å². The third kappa shape index (κ3) is 6.66. The van der Waals surface area contributed by atoms with Crippen molar-refractivity contribution in [3.63, 3.8) is 0 Å². The van der Waals surface area contributed by atoms with Gasteiger partial charge in [0.25, 0.3) is 0 Å². The molecular formula is C27H31ClFN3O3S. The predicted octanol–water partition coefficient (Wildman–Crippen LogP) is 6.43. The van der Waals surface area contributed by atoms with Crippen molar-refractivity contribution < 1.29 is 19.0 Å². The number of aromatic nitrogens is 2. The number of carboxylic acids is 1. The second kappa shape index (κ2) is 12.2. The van der Waals surface area contributed by atoms with Crippen LogP contribution in [-0.2, 0) is 4.79 Å². The number of thioether (sulfide) groups is 1. The number of ether oxygens (including phenoxy) is 1. The van der Waals surface area contributed by atoms with E-state index in [1.807, 2.05) is 12.1 Å². The van der Waals surface area contributed by atoms with Gasteiger partial charge in [-0.3, -0.25) is 14.8 Å². The molecule has 192 valence electrons. The lowest BCUT2D eigenvalue weighted by atomic mass is 9.71. The first-order chi connectivity index (χ1) is 17.4. The zero-order valence-electron chi connectivity index (χ0n) is 20.3. The Labute approximate surface area is 220 Å². The van der Waals surface area contributed by atoms with Crippen LogP contribution >= 0.6 is 23.4 Å². The van der Waals surface area contributed by atoms with E-state index in [9.17, 15) is 9.90 Å². The van der Waals surface area contributed by atoms with E-state index >= 15 is 4.39 Å². The second-order valence-electron chi connectivity index (χ2n) is 9.35. The number of pyridine rings is 2. The molecule has 4 rings (SSSR count). The Morgan fingerprint density at radius 2 is 2.03 bits per heavy atom. The van der Waals surface area contributed by atoms with E-state index in [-0.39, 0.29) is 17.9 Å². The van der Waals surface area contributed by atoms with E-state index in [4.69, 9.17) is 16.3 Å². The molecule has 36 heavy (non-hydrogen) atoms. The number of alkyl halides is 1. The first-order valence-electron chi connectivity index (χ1n) is 12.1. The van der Waals surface area contributed by atoms with Crippen molar-refractivity contribution in [2.75, 3.05) is 32.5 Å². The Kier molecular flexibility index (Phi) is 9.04. The fraction of sp³-hybridized carbons (Fsp3) is 0.444. The maximum atomic E-state index is 15.7. The van der Waals surface area contributed by atoms with Crippen LogP contribution in [0.15, 0.2) is 53.8 Å². The molecular weight excluding hydrogens is 501 g/mol. The molecule has 1 atom stereocenters. The van der Waals surface area contributed by atoms with Crippen molar-refractivity contribution in [3.05, 3.63) is 59.5 Å². The Bertz CT molecular complexity index is 1180. The molecule has 0 unspecified atom stereocenters. The van der Waals surface area contributed by atoms with Crippen LogP contribution in [0.1, 0.15) is 43.8 Å². The molecule has 0 bridgehead atoms. The minimum absolute atomic E-state index is 0.0535. The summed E-state index contributed by atoms with van der Waals surface area (Å²) in [6, 6.07) is 9.33. The molecule has 2 aromatic heterocycles. The molecule has 0 radical (unpaired) electrons. The van der Waals surface area contributed by atoms with Crippen LogP contribution in [0, 0.1) is 5.41 Å². The molecule has 1 saturated heterocycles. The van der Waals surface area contributed by atoms with Crippen molar-refractivity contribution in [1.29, 1.82) is 0 Å². The number of hydrogen-bond donors (Lipinski definition) is 1. The lowest BCUT2D eigenvalue weighted by molar-refractivity contribution is -0.141. The van der Waals surface area contributed by atoms with Gasteiger partial charge in [-0.25, -0.2) is 4.39 Å². The minimum Gasteiger partial charge on any atom is -0.497 e. The highest BCUT2D eigenvalue weighted by Crippen LogP contribution is 2.44. The number of halogens is 2. The molecule has 1 aliphatic rings. The highest BCUT2D eigenvalue weighted by Gasteiger charge is 2.37. The lowest BCUT2D eigenvalue weighted by Gasteiger charge is -2.41. The van der Waals surface area contributed by atoms with Gasteiger partial charge in [-0.2, -0.15) is 0 Å². The summed E-state index contributed by atoms with van der Waals surface area (Å²) >= 11 is 8.19. The van der Waals surface area contributed by atoms with Crippen LogP contribution in [0.3, 0.4) is 0 Å². The molecule has 0 saturated carbocycles. The standard InChI is InChI=1S/C27H31ClFN3O3S/c1-35-19-2-3-24-21(16-19)26(22(28)18-31-24)23(29)4-7-27(17-25(33)34)8-12-32(13-9-27)14-15-36-20-5-10-30-11-6-20/h2-3,5-6,10-11,16,18,23H,4,7-9,12-15,17H2,1H3,(H,33,34)/t23-/m0/s1. The fourth-order valence-corrected chi connectivity index (χ4v) is 6.17. The lowest BCUT2D eigenvalue weighted by Crippen LogP contribution is -2.42. The minimum atomic E-state index is -1.32. The first-order valence-corrected chi connectivity index (χ1v) is 13.5. The average molecular weight is 532 g/mol. The predicted molar refractivity (Wildman–Crippen MR) is 142 cm³/mol. The highest BCUT2D eigenvalue weighted by atomic mass is 35.5. The van der Waals surface area contributed by atoms with E-state index in [0.29, 0.717) is 28.6 Å². The number of hydrogen-bond acceptors (Lipinski definition) is 6. The van der Waals surface area contributed by atoms with Crippen LogP contribution in [-0.4, -0.2) is 58.4 Å². The molecule has 3 heterocycles. The van der Waals surface area contributed by atoms with Gasteiger partial charge in [0.05, 0.1) is 24.1 Å². The Morgan fingerprint density at radius 1 is 1.28 bits per heavy atom. The molecule has 9 heteroatoms. The van der Waals surface area contributed by atoms with Crippen LogP contribution in [0.2, 0.25) is 5.02 Å². The third-order valence-electron chi connectivity index (χ3n) is 7.08. The summed E-state index contributed by atoms with van der Waals surface area (Å²) in [6.07, 6.45) is 5.97. The largest absolute Gasteiger partial charge is 0.497 e. The maximum Gasteiger partial charge on any atom is 0.303 e. The number of likely N-dealkylation sites (tertiary alicyclic amines) is 1. The van der Waals surface area contributed by atoms with E-state index in [0.717, 1.165) is 38.2 Å². The van der Waals surface area contributed by atoms with Gasteiger partial charge in [-0.05, 0) is 74.5 Å². The van der Waals surface area contributed by atoms with E-state index in [1.54, 1.807) is 49.5 Å². The van der Waals surface area contributed by atoms with Gasteiger partial charge < -0.3 is 14.7 Å². The van der Waals surface area contributed by atoms with Gasteiger partial charge in [0.1, 0.15) is 11.9 Å². The van der Waals surface area contributed by atoms with Crippen LogP contribution in [0.4, 0.5) is 4.39 Å². The molecule has 0 spiro atoms. The topological polar surface area (TPSA) is 75.6 Å². The monoisotopic (exact) mass is 531 g/mol. The zero-order valence-corrected chi connectivity index (χ0v) is 21.9. The zero-order chi connectivity index (χ0) is 25.5. The van der Waals surface area contributed by atoms with Gasteiger partial charge in [0.2, 0.25) is 0 Å². The first kappa shape index (κ1) is 26.6. The van der Waals surface area contributed by atoms with Crippen LogP contribution in [0.25, 0.3) is 10.9 Å². The maximum absolute atomic E-state index is 15.7. The molecule has 1 aliphatic heterocycles. The smallest absolute Gasteiger partial charge is 0.303 e. The molecule has 0 aliphatic carbocycles. The van der Waals surface area contributed by atoms with Gasteiger partial charge in [-0.15, -0.1) is 11.8 Å². The summed E-state index contributed by atoms with van der Waals surface area (Å²) in [4.78, 5) is 23.7. The van der Waals surface area contributed by atoms with Crippen molar-refractivity contribution in [2.24, 2.45) is 5.41 Å². The number of piperidine rings is 1. The van der Waals surface area contributed by atoms with Crippen molar-refractivity contribution >= 4 is 40.2 Å². The highest BCUT2D eigenvalue weighted by molar-refractivity contribution is 7.99. The van der Waals surface area contributed by atoms with Gasteiger partial charge in [-0.1, -0.05) is 11.6 Å². The number of methoxy groups -OCH3 is 1. The number of carbonyl (C=O) groups is 1. The summed E-state index contributed by atoms with van der Waals surface area (Å²) < 4.78 is 21.0.